The number of ether oxygens (including phenoxy) is 1. The first-order valence-corrected chi connectivity index (χ1v) is 7.72. The van der Waals surface area contributed by atoms with Crippen molar-refractivity contribution in [1.82, 2.24) is 0 Å². The van der Waals surface area contributed by atoms with E-state index < -0.39 is 5.97 Å². The normalized spacial score (nSPS) is 18.8. The second kappa shape index (κ2) is 6.05. The molecule has 1 fully saturated rings. The summed E-state index contributed by atoms with van der Waals surface area (Å²) in [4.78, 5) is 25.1. The molecule has 0 aliphatic carbocycles. The molecule has 1 saturated heterocycles. The van der Waals surface area contributed by atoms with Crippen molar-refractivity contribution in [1.29, 1.82) is 0 Å². The van der Waals surface area contributed by atoms with E-state index in [-0.39, 0.29) is 5.91 Å². The SMILES string of the molecule is COC(=O)c1ccc(N2CC(CBr)CC2=O)c(Br)c1. The average Bonchev–Trinajstić information content (AvgIpc) is 2.79. The quantitative estimate of drug-likeness (QED) is 0.588. The van der Waals surface area contributed by atoms with Gasteiger partial charge in [0, 0.05) is 22.8 Å². The van der Waals surface area contributed by atoms with Gasteiger partial charge in [0.05, 0.1) is 18.4 Å². The predicted octanol–water partition coefficient (Wildman–Crippen LogP) is 2.98. The number of benzene rings is 1. The summed E-state index contributed by atoms with van der Waals surface area (Å²) in [6, 6.07) is 5.11. The van der Waals surface area contributed by atoms with Crippen LogP contribution in [-0.2, 0) is 9.53 Å². The minimum atomic E-state index is -0.390. The van der Waals surface area contributed by atoms with Gasteiger partial charge >= 0.3 is 5.97 Å². The van der Waals surface area contributed by atoms with Crippen LogP contribution in [-0.4, -0.2) is 30.9 Å². The molecule has 1 aromatic rings. The lowest BCUT2D eigenvalue weighted by Gasteiger charge is -2.18. The summed E-state index contributed by atoms with van der Waals surface area (Å²) in [5, 5.41) is 0.813. The third-order valence-electron chi connectivity index (χ3n) is 3.08. The van der Waals surface area contributed by atoms with Crippen molar-refractivity contribution >= 4 is 49.4 Å². The second-order valence-electron chi connectivity index (χ2n) is 4.39. The fourth-order valence-electron chi connectivity index (χ4n) is 2.09. The topological polar surface area (TPSA) is 46.6 Å². The fraction of sp³-hybridized carbons (Fsp3) is 0.385. The van der Waals surface area contributed by atoms with Gasteiger partial charge in [0.25, 0.3) is 0 Å². The fourth-order valence-corrected chi connectivity index (χ4v) is 3.11. The average molecular weight is 391 g/mol. The highest BCUT2D eigenvalue weighted by molar-refractivity contribution is 9.10. The number of esters is 1. The van der Waals surface area contributed by atoms with Crippen LogP contribution in [0.3, 0.4) is 0 Å². The summed E-state index contributed by atoms with van der Waals surface area (Å²) in [7, 11) is 1.34. The monoisotopic (exact) mass is 389 g/mol. The Morgan fingerprint density at radius 1 is 1.53 bits per heavy atom. The van der Waals surface area contributed by atoms with E-state index in [1.807, 2.05) is 0 Å². The smallest absolute Gasteiger partial charge is 0.337 e. The van der Waals surface area contributed by atoms with Crippen LogP contribution < -0.4 is 4.90 Å². The molecule has 1 unspecified atom stereocenters. The molecule has 0 bridgehead atoms. The van der Waals surface area contributed by atoms with Crippen molar-refractivity contribution in [3.05, 3.63) is 28.2 Å². The molecule has 2 rings (SSSR count). The Bertz CT molecular complexity index is 519. The van der Waals surface area contributed by atoms with Crippen LogP contribution in [0.1, 0.15) is 16.8 Å². The van der Waals surface area contributed by atoms with E-state index in [4.69, 9.17) is 0 Å². The lowest BCUT2D eigenvalue weighted by molar-refractivity contribution is -0.117. The zero-order valence-electron chi connectivity index (χ0n) is 10.4. The minimum absolute atomic E-state index is 0.107. The Morgan fingerprint density at radius 2 is 2.26 bits per heavy atom. The van der Waals surface area contributed by atoms with E-state index in [1.165, 1.54) is 7.11 Å². The molecule has 1 amide bonds. The van der Waals surface area contributed by atoms with Crippen molar-refractivity contribution in [3.8, 4) is 0 Å². The van der Waals surface area contributed by atoms with E-state index in [1.54, 1.807) is 23.1 Å². The predicted molar refractivity (Wildman–Crippen MR) is 79.7 cm³/mol. The molecule has 1 atom stereocenters. The van der Waals surface area contributed by atoms with Crippen LogP contribution in [0.15, 0.2) is 22.7 Å². The number of carbonyl (C=O) groups excluding carboxylic acids is 2. The summed E-state index contributed by atoms with van der Waals surface area (Å²) >= 11 is 6.82. The molecule has 0 saturated carbocycles. The van der Waals surface area contributed by atoms with Gasteiger partial charge in [-0.2, -0.15) is 0 Å². The maximum atomic E-state index is 12.0. The van der Waals surface area contributed by atoms with Gasteiger partial charge in [-0.15, -0.1) is 0 Å². The van der Waals surface area contributed by atoms with Gasteiger partial charge in [0.15, 0.2) is 0 Å². The number of anilines is 1. The highest BCUT2D eigenvalue weighted by atomic mass is 79.9. The summed E-state index contributed by atoms with van der Waals surface area (Å²) < 4.78 is 5.39. The van der Waals surface area contributed by atoms with Gasteiger partial charge in [-0.3, -0.25) is 4.79 Å². The number of carbonyl (C=O) groups is 2. The highest BCUT2D eigenvalue weighted by Crippen LogP contribution is 2.32. The van der Waals surface area contributed by atoms with E-state index in [0.29, 0.717) is 24.4 Å². The van der Waals surface area contributed by atoms with Crippen molar-refractivity contribution < 1.29 is 14.3 Å². The molecule has 0 spiro atoms. The maximum absolute atomic E-state index is 12.0. The first kappa shape index (κ1) is 14.5. The van der Waals surface area contributed by atoms with Crippen molar-refractivity contribution in [3.63, 3.8) is 0 Å². The van der Waals surface area contributed by atoms with Crippen LogP contribution in [0.4, 0.5) is 5.69 Å². The lowest BCUT2D eigenvalue weighted by atomic mass is 10.1. The van der Waals surface area contributed by atoms with Crippen molar-refractivity contribution in [2.45, 2.75) is 6.42 Å². The van der Waals surface area contributed by atoms with Gasteiger partial charge in [-0.1, -0.05) is 15.9 Å². The Kier molecular flexibility index (Phi) is 4.62. The van der Waals surface area contributed by atoms with Crippen LogP contribution in [0.5, 0.6) is 0 Å². The second-order valence-corrected chi connectivity index (χ2v) is 5.89. The molecule has 1 heterocycles. The van der Waals surface area contributed by atoms with E-state index in [0.717, 1.165) is 15.5 Å². The van der Waals surface area contributed by atoms with E-state index in [9.17, 15) is 9.59 Å². The Labute approximate surface area is 128 Å². The zero-order valence-corrected chi connectivity index (χ0v) is 13.5. The first-order chi connectivity index (χ1) is 9.06. The first-order valence-electron chi connectivity index (χ1n) is 5.81. The molecule has 6 heteroatoms. The van der Waals surface area contributed by atoms with Crippen molar-refractivity contribution in [2.24, 2.45) is 5.92 Å². The Balaban J connectivity index is 2.27. The molecule has 1 aliphatic rings. The van der Waals surface area contributed by atoms with Gasteiger partial charge in [0.2, 0.25) is 5.91 Å². The molecular weight excluding hydrogens is 378 g/mol. The Hall–Kier alpha value is -0.880. The van der Waals surface area contributed by atoms with Crippen LogP contribution in [0.2, 0.25) is 0 Å². The van der Waals surface area contributed by atoms with Gasteiger partial charge in [-0.25, -0.2) is 4.79 Å². The molecule has 4 nitrogen and oxygen atoms in total. The molecule has 0 N–H and O–H groups in total. The molecule has 0 radical (unpaired) electrons. The largest absolute Gasteiger partial charge is 0.465 e. The molecule has 19 heavy (non-hydrogen) atoms. The van der Waals surface area contributed by atoms with Crippen LogP contribution in [0, 0.1) is 5.92 Å². The van der Waals surface area contributed by atoms with Crippen LogP contribution in [0.25, 0.3) is 0 Å². The van der Waals surface area contributed by atoms with E-state index in [2.05, 4.69) is 36.6 Å². The molecule has 1 aromatic carbocycles. The number of amides is 1. The van der Waals surface area contributed by atoms with Crippen LogP contribution >= 0.6 is 31.9 Å². The van der Waals surface area contributed by atoms with Gasteiger partial charge < -0.3 is 9.64 Å². The highest BCUT2D eigenvalue weighted by Gasteiger charge is 2.31. The number of alkyl halides is 1. The molecule has 1 aliphatic heterocycles. The summed E-state index contributed by atoms with van der Waals surface area (Å²) in [5.41, 5.74) is 1.25. The third-order valence-corrected chi connectivity index (χ3v) is 4.63. The summed E-state index contributed by atoms with van der Waals surface area (Å²) in [5.74, 6) is 0.0500. The number of hydrogen-bond donors (Lipinski definition) is 0. The summed E-state index contributed by atoms with van der Waals surface area (Å²) in [6.45, 7) is 0.695. The minimum Gasteiger partial charge on any atom is -0.465 e. The van der Waals surface area contributed by atoms with Gasteiger partial charge in [0.1, 0.15) is 0 Å². The lowest BCUT2D eigenvalue weighted by Crippen LogP contribution is -2.25. The number of nitrogens with zero attached hydrogens (tertiary/aromatic N) is 1. The van der Waals surface area contributed by atoms with Gasteiger partial charge in [-0.05, 0) is 40.0 Å². The number of methoxy groups -OCH3 is 1. The number of hydrogen-bond acceptors (Lipinski definition) is 3. The number of rotatable bonds is 3. The molecule has 102 valence electrons. The zero-order chi connectivity index (χ0) is 14.0. The van der Waals surface area contributed by atoms with E-state index >= 15 is 0 Å². The maximum Gasteiger partial charge on any atom is 0.337 e. The standard InChI is InChI=1S/C13H13Br2NO3/c1-19-13(18)9-2-3-11(10(15)5-9)16-7-8(6-14)4-12(16)17/h2-3,5,8H,4,6-7H2,1H3. The molecular formula is C13H13Br2NO3. The summed E-state index contributed by atoms with van der Waals surface area (Å²) in [6.07, 6.45) is 0.552. The third kappa shape index (κ3) is 3.00. The Morgan fingerprint density at radius 3 is 2.79 bits per heavy atom. The number of halogens is 2. The molecule has 0 aromatic heterocycles. The van der Waals surface area contributed by atoms with Crippen molar-refractivity contribution in [2.75, 3.05) is 23.9 Å².